The average molecular weight is 298 g/mol. The Bertz CT molecular complexity index is 753. The van der Waals surface area contributed by atoms with Crippen molar-refractivity contribution in [2.24, 2.45) is 0 Å². The number of hydrogen-bond acceptors (Lipinski definition) is 4. The van der Waals surface area contributed by atoms with Crippen LogP contribution in [-0.2, 0) is 9.53 Å². The summed E-state index contributed by atoms with van der Waals surface area (Å²) < 4.78 is 18.1. The van der Waals surface area contributed by atoms with Crippen molar-refractivity contribution < 1.29 is 18.7 Å². The molecule has 0 fully saturated rings. The number of rotatable bonds is 4. The molecule has 0 radical (unpaired) electrons. The van der Waals surface area contributed by atoms with Crippen LogP contribution in [-0.4, -0.2) is 18.5 Å². The molecule has 0 heterocycles. The van der Waals surface area contributed by atoms with Crippen molar-refractivity contribution in [3.8, 4) is 6.07 Å². The Labute approximate surface area is 125 Å². The third kappa shape index (κ3) is 3.90. The first-order valence-corrected chi connectivity index (χ1v) is 6.32. The lowest BCUT2D eigenvalue weighted by molar-refractivity contribution is -0.119. The Morgan fingerprint density at radius 2 is 1.95 bits per heavy atom. The summed E-state index contributed by atoms with van der Waals surface area (Å²) in [6, 6.07) is 13.6. The molecule has 2 aromatic rings. The molecule has 1 N–H and O–H groups in total. The predicted molar refractivity (Wildman–Crippen MR) is 76.5 cm³/mol. The molecule has 0 atom stereocenters. The number of carbonyl (C=O) groups excluding carboxylic acids is 2. The van der Waals surface area contributed by atoms with E-state index in [1.165, 1.54) is 24.3 Å². The van der Waals surface area contributed by atoms with Crippen molar-refractivity contribution in [1.29, 1.82) is 5.26 Å². The number of esters is 1. The second kappa shape index (κ2) is 6.99. The van der Waals surface area contributed by atoms with Gasteiger partial charge in [-0.2, -0.15) is 5.26 Å². The van der Waals surface area contributed by atoms with E-state index >= 15 is 0 Å². The van der Waals surface area contributed by atoms with E-state index in [0.29, 0.717) is 11.3 Å². The standard InChI is InChI=1S/C16H11FN2O3/c17-14-7-2-1-6-13(14)16(21)22-10-15(20)19-12-5-3-4-11(8-12)9-18/h1-8H,10H2,(H,19,20). The largest absolute Gasteiger partial charge is 0.452 e. The third-order valence-corrected chi connectivity index (χ3v) is 2.70. The number of nitrogens with zero attached hydrogens (tertiary/aromatic N) is 1. The minimum atomic E-state index is -0.918. The molecule has 0 spiro atoms. The number of ether oxygens (including phenoxy) is 1. The quantitative estimate of drug-likeness (QED) is 0.879. The van der Waals surface area contributed by atoms with E-state index < -0.39 is 24.3 Å². The molecule has 0 bridgehead atoms. The number of carbonyl (C=O) groups is 2. The highest BCUT2D eigenvalue weighted by Gasteiger charge is 2.14. The Morgan fingerprint density at radius 1 is 1.18 bits per heavy atom. The smallest absolute Gasteiger partial charge is 0.341 e. The molecule has 6 heteroatoms. The summed E-state index contributed by atoms with van der Waals surface area (Å²) >= 11 is 0. The van der Waals surface area contributed by atoms with E-state index in [4.69, 9.17) is 10.00 Å². The van der Waals surface area contributed by atoms with E-state index in [-0.39, 0.29) is 5.56 Å². The fraction of sp³-hybridized carbons (Fsp3) is 0.0625. The first-order valence-electron chi connectivity index (χ1n) is 6.32. The van der Waals surface area contributed by atoms with Gasteiger partial charge >= 0.3 is 5.97 Å². The Morgan fingerprint density at radius 3 is 2.68 bits per heavy atom. The van der Waals surface area contributed by atoms with Gasteiger partial charge in [-0.25, -0.2) is 9.18 Å². The molecule has 0 aliphatic rings. The molecule has 1 amide bonds. The number of amides is 1. The number of anilines is 1. The lowest BCUT2D eigenvalue weighted by Crippen LogP contribution is -2.21. The van der Waals surface area contributed by atoms with E-state index in [9.17, 15) is 14.0 Å². The molecule has 5 nitrogen and oxygen atoms in total. The van der Waals surface area contributed by atoms with Crippen molar-refractivity contribution in [3.05, 3.63) is 65.5 Å². The van der Waals surface area contributed by atoms with E-state index in [2.05, 4.69) is 5.32 Å². The van der Waals surface area contributed by atoms with Gasteiger partial charge in [0.1, 0.15) is 5.82 Å². The maximum absolute atomic E-state index is 13.4. The highest BCUT2D eigenvalue weighted by atomic mass is 19.1. The molecule has 2 aromatic carbocycles. The third-order valence-electron chi connectivity index (χ3n) is 2.70. The summed E-state index contributed by atoms with van der Waals surface area (Å²) in [5, 5.41) is 11.2. The predicted octanol–water partition coefficient (Wildman–Crippen LogP) is 2.49. The fourth-order valence-electron chi connectivity index (χ4n) is 1.70. The zero-order valence-electron chi connectivity index (χ0n) is 11.4. The van der Waals surface area contributed by atoms with Crippen molar-refractivity contribution >= 4 is 17.6 Å². The van der Waals surface area contributed by atoms with Gasteiger partial charge in [0.2, 0.25) is 0 Å². The lowest BCUT2D eigenvalue weighted by Gasteiger charge is -2.07. The van der Waals surface area contributed by atoms with Crippen molar-refractivity contribution in [1.82, 2.24) is 0 Å². The van der Waals surface area contributed by atoms with E-state index in [0.717, 1.165) is 6.07 Å². The van der Waals surface area contributed by atoms with Crippen LogP contribution in [0.25, 0.3) is 0 Å². The second-order valence-corrected chi connectivity index (χ2v) is 4.30. The molecular formula is C16H11FN2O3. The van der Waals surface area contributed by atoms with E-state index in [1.54, 1.807) is 18.2 Å². The summed E-state index contributed by atoms with van der Waals surface area (Å²) in [6.07, 6.45) is 0. The summed E-state index contributed by atoms with van der Waals surface area (Å²) in [5.41, 5.74) is 0.564. The highest BCUT2D eigenvalue weighted by Crippen LogP contribution is 2.10. The Hall–Kier alpha value is -3.20. The van der Waals surface area contributed by atoms with Gasteiger partial charge in [0.15, 0.2) is 6.61 Å². The topological polar surface area (TPSA) is 79.2 Å². The van der Waals surface area contributed by atoms with Crippen molar-refractivity contribution in [2.45, 2.75) is 0 Å². The van der Waals surface area contributed by atoms with Crippen LogP contribution in [0.1, 0.15) is 15.9 Å². The first kappa shape index (κ1) is 15.2. The Kier molecular flexibility index (Phi) is 4.83. The van der Waals surface area contributed by atoms with Crippen LogP contribution in [0.15, 0.2) is 48.5 Å². The zero-order valence-corrected chi connectivity index (χ0v) is 11.4. The van der Waals surface area contributed by atoms with Crippen LogP contribution < -0.4 is 5.32 Å². The van der Waals surface area contributed by atoms with Crippen molar-refractivity contribution in [2.75, 3.05) is 11.9 Å². The van der Waals surface area contributed by atoms with Crippen molar-refractivity contribution in [3.63, 3.8) is 0 Å². The highest BCUT2D eigenvalue weighted by molar-refractivity contribution is 5.95. The number of benzene rings is 2. The summed E-state index contributed by atoms with van der Waals surface area (Å²) in [4.78, 5) is 23.3. The summed E-state index contributed by atoms with van der Waals surface area (Å²) in [5.74, 6) is -2.21. The number of nitriles is 1. The van der Waals surface area contributed by atoms with Crippen LogP contribution in [0, 0.1) is 17.1 Å². The van der Waals surface area contributed by atoms with Gasteiger partial charge in [-0.3, -0.25) is 4.79 Å². The molecule has 2 rings (SSSR count). The normalized spacial score (nSPS) is 9.64. The molecule has 22 heavy (non-hydrogen) atoms. The molecule has 0 aliphatic heterocycles. The van der Waals surface area contributed by atoms with Gasteiger partial charge in [0.05, 0.1) is 17.2 Å². The summed E-state index contributed by atoms with van der Waals surface area (Å²) in [7, 11) is 0. The number of nitrogens with one attached hydrogen (secondary N) is 1. The molecule has 0 unspecified atom stereocenters. The lowest BCUT2D eigenvalue weighted by atomic mass is 10.2. The summed E-state index contributed by atoms with van der Waals surface area (Å²) in [6.45, 7) is -0.552. The second-order valence-electron chi connectivity index (χ2n) is 4.30. The Balaban J connectivity index is 1.92. The molecular weight excluding hydrogens is 287 g/mol. The van der Waals surface area contributed by atoms with Crippen LogP contribution in [0.3, 0.4) is 0 Å². The van der Waals surface area contributed by atoms with E-state index in [1.807, 2.05) is 6.07 Å². The minimum absolute atomic E-state index is 0.234. The van der Waals surface area contributed by atoms with Gasteiger partial charge in [0.25, 0.3) is 5.91 Å². The monoisotopic (exact) mass is 298 g/mol. The van der Waals surface area contributed by atoms with Crippen LogP contribution in [0.5, 0.6) is 0 Å². The zero-order chi connectivity index (χ0) is 15.9. The minimum Gasteiger partial charge on any atom is -0.452 e. The maximum atomic E-state index is 13.4. The number of hydrogen-bond donors (Lipinski definition) is 1. The molecule has 0 saturated carbocycles. The molecule has 0 aliphatic carbocycles. The fourth-order valence-corrected chi connectivity index (χ4v) is 1.70. The number of halogens is 1. The van der Waals surface area contributed by atoms with Gasteiger partial charge in [-0.05, 0) is 30.3 Å². The average Bonchev–Trinajstić information content (AvgIpc) is 2.53. The maximum Gasteiger partial charge on any atom is 0.341 e. The molecule has 0 saturated heterocycles. The van der Waals surface area contributed by atoms with Crippen LogP contribution in [0.2, 0.25) is 0 Å². The van der Waals surface area contributed by atoms with Gasteiger partial charge in [-0.1, -0.05) is 18.2 Å². The van der Waals surface area contributed by atoms with Gasteiger partial charge < -0.3 is 10.1 Å². The molecule has 110 valence electrons. The first-order chi connectivity index (χ1) is 10.6. The SMILES string of the molecule is N#Cc1cccc(NC(=O)COC(=O)c2ccccc2F)c1. The molecule has 0 aromatic heterocycles. The van der Waals surface area contributed by atoms with Crippen LogP contribution >= 0.6 is 0 Å². The van der Waals surface area contributed by atoms with Gasteiger partial charge in [0, 0.05) is 5.69 Å². The van der Waals surface area contributed by atoms with Crippen LogP contribution in [0.4, 0.5) is 10.1 Å². The van der Waals surface area contributed by atoms with Gasteiger partial charge in [-0.15, -0.1) is 0 Å².